The molecule has 7 nitrogen and oxygen atoms in total. The van der Waals surface area contributed by atoms with Crippen LogP contribution in [0.1, 0.15) is 29.0 Å². The lowest BCUT2D eigenvalue weighted by Gasteiger charge is -2.32. The Morgan fingerprint density at radius 3 is 2.30 bits per heavy atom. The van der Waals surface area contributed by atoms with Crippen molar-refractivity contribution in [2.45, 2.75) is 25.9 Å². The number of aryl methyl sites for hydroxylation is 1. The molecular formula is C20H23NO6. The summed E-state index contributed by atoms with van der Waals surface area (Å²) in [6, 6.07) is 8.31. The number of benzene rings is 1. The van der Waals surface area contributed by atoms with Crippen molar-refractivity contribution in [2.24, 2.45) is 0 Å². The molecule has 1 fully saturated rings. The standard InChI is InChI=1S/C20H23NO6/c1-13-11-15(12-18(22)26-13)27-14-7-9-21(10-8-14)20(23)19-16(24-2)5-4-6-17(19)25-3/h4-6,11-12,14H,7-10H2,1-3H3. The van der Waals surface area contributed by atoms with Crippen LogP contribution in [0.3, 0.4) is 0 Å². The molecule has 1 aliphatic heterocycles. The van der Waals surface area contributed by atoms with E-state index in [1.54, 1.807) is 36.1 Å². The van der Waals surface area contributed by atoms with Gasteiger partial charge in [-0.15, -0.1) is 0 Å². The Hall–Kier alpha value is -2.96. The molecule has 2 aromatic rings. The van der Waals surface area contributed by atoms with Crippen LogP contribution in [0.5, 0.6) is 17.2 Å². The van der Waals surface area contributed by atoms with Crippen LogP contribution in [-0.2, 0) is 0 Å². The molecule has 0 saturated carbocycles. The van der Waals surface area contributed by atoms with E-state index in [0.29, 0.717) is 54.5 Å². The second-order valence-corrected chi connectivity index (χ2v) is 6.37. The van der Waals surface area contributed by atoms with Crippen LogP contribution in [0.2, 0.25) is 0 Å². The van der Waals surface area contributed by atoms with E-state index in [2.05, 4.69) is 0 Å². The van der Waals surface area contributed by atoms with Crippen LogP contribution < -0.4 is 19.8 Å². The minimum atomic E-state index is -0.430. The van der Waals surface area contributed by atoms with E-state index in [1.165, 1.54) is 20.3 Å². The highest BCUT2D eigenvalue weighted by molar-refractivity contribution is 5.99. The summed E-state index contributed by atoms with van der Waals surface area (Å²) in [5.74, 6) is 1.86. The van der Waals surface area contributed by atoms with Gasteiger partial charge in [0.2, 0.25) is 0 Å². The molecule has 1 amide bonds. The quantitative estimate of drug-likeness (QED) is 0.802. The lowest BCUT2D eigenvalue weighted by atomic mass is 10.1. The molecule has 3 rings (SSSR count). The predicted octanol–water partition coefficient (Wildman–Crippen LogP) is 2.65. The number of nitrogens with zero attached hydrogens (tertiary/aromatic N) is 1. The molecule has 0 radical (unpaired) electrons. The Balaban J connectivity index is 1.67. The molecule has 2 heterocycles. The second-order valence-electron chi connectivity index (χ2n) is 6.37. The Morgan fingerprint density at radius 2 is 1.74 bits per heavy atom. The van der Waals surface area contributed by atoms with Crippen LogP contribution in [-0.4, -0.2) is 44.2 Å². The van der Waals surface area contributed by atoms with E-state index in [1.807, 2.05) is 0 Å². The molecule has 0 spiro atoms. The smallest absolute Gasteiger partial charge is 0.339 e. The molecule has 7 heteroatoms. The average molecular weight is 373 g/mol. The molecule has 1 aromatic heterocycles. The van der Waals surface area contributed by atoms with Crippen LogP contribution in [0.25, 0.3) is 0 Å². The molecule has 0 N–H and O–H groups in total. The van der Waals surface area contributed by atoms with Gasteiger partial charge < -0.3 is 23.5 Å². The van der Waals surface area contributed by atoms with Gasteiger partial charge in [-0.2, -0.15) is 0 Å². The maximum atomic E-state index is 13.0. The molecule has 1 saturated heterocycles. The number of rotatable bonds is 5. The third-order valence-electron chi connectivity index (χ3n) is 4.54. The highest BCUT2D eigenvalue weighted by Gasteiger charge is 2.28. The van der Waals surface area contributed by atoms with Crippen molar-refractivity contribution in [1.29, 1.82) is 0 Å². The number of likely N-dealkylation sites (tertiary alicyclic amines) is 1. The van der Waals surface area contributed by atoms with Crippen molar-refractivity contribution in [2.75, 3.05) is 27.3 Å². The molecule has 0 unspecified atom stereocenters. The molecule has 144 valence electrons. The summed E-state index contributed by atoms with van der Waals surface area (Å²) in [4.78, 5) is 26.2. The average Bonchev–Trinajstić information content (AvgIpc) is 2.66. The Morgan fingerprint density at radius 1 is 1.11 bits per heavy atom. The molecule has 0 atom stereocenters. The van der Waals surface area contributed by atoms with E-state index >= 15 is 0 Å². The van der Waals surface area contributed by atoms with Crippen LogP contribution in [0.4, 0.5) is 0 Å². The Bertz CT molecular complexity index is 845. The molecular weight excluding hydrogens is 350 g/mol. The summed E-state index contributed by atoms with van der Waals surface area (Å²) in [5.41, 5.74) is -0.000887. The number of piperidine rings is 1. The van der Waals surface area contributed by atoms with Gasteiger partial charge in [-0.25, -0.2) is 4.79 Å². The van der Waals surface area contributed by atoms with Gasteiger partial charge >= 0.3 is 5.63 Å². The van der Waals surface area contributed by atoms with Gasteiger partial charge in [-0.1, -0.05) is 6.07 Å². The molecule has 1 aromatic carbocycles. The lowest BCUT2D eigenvalue weighted by Crippen LogP contribution is -2.42. The van der Waals surface area contributed by atoms with Crippen LogP contribution in [0.15, 0.2) is 39.5 Å². The van der Waals surface area contributed by atoms with E-state index in [9.17, 15) is 9.59 Å². The fourth-order valence-corrected chi connectivity index (χ4v) is 3.23. The highest BCUT2D eigenvalue weighted by atomic mass is 16.5. The largest absolute Gasteiger partial charge is 0.496 e. The number of amides is 1. The van der Waals surface area contributed by atoms with E-state index in [4.69, 9.17) is 18.6 Å². The summed E-state index contributed by atoms with van der Waals surface area (Å²) in [6.07, 6.45) is 1.28. The zero-order valence-electron chi connectivity index (χ0n) is 15.7. The first kappa shape index (κ1) is 18.8. The maximum absolute atomic E-state index is 13.0. The minimum Gasteiger partial charge on any atom is -0.496 e. The Kier molecular flexibility index (Phi) is 5.69. The predicted molar refractivity (Wildman–Crippen MR) is 98.8 cm³/mol. The summed E-state index contributed by atoms with van der Waals surface area (Å²) in [6.45, 7) is 2.80. The zero-order chi connectivity index (χ0) is 19.4. The van der Waals surface area contributed by atoms with Crippen molar-refractivity contribution in [3.05, 3.63) is 52.1 Å². The number of carbonyl (C=O) groups is 1. The van der Waals surface area contributed by atoms with Crippen LogP contribution in [0, 0.1) is 6.92 Å². The molecule has 0 bridgehead atoms. The van der Waals surface area contributed by atoms with Crippen molar-refractivity contribution in [3.63, 3.8) is 0 Å². The van der Waals surface area contributed by atoms with Gasteiger partial charge in [0.05, 0.1) is 20.3 Å². The maximum Gasteiger partial charge on any atom is 0.339 e. The van der Waals surface area contributed by atoms with Gasteiger partial charge in [0.25, 0.3) is 5.91 Å². The third-order valence-corrected chi connectivity index (χ3v) is 4.54. The van der Waals surface area contributed by atoms with Gasteiger partial charge in [0.1, 0.15) is 34.7 Å². The lowest BCUT2D eigenvalue weighted by molar-refractivity contribution is 0.0588. The normalized spacial score (nSPS) is 14.7. The highest BCUT2D eigenvalue weighted by Crippen LogP contribution is 2.30. The van der Waals surface area contributed by atoms with Crippen LogP contribution >= 0.6 is 0 Å². The van der Waals surface area contributed by atoms with E-state index in [0.717, 1.165) is 0 Å². The number of carbonyl (C=O) groups excluding carboxylic acids is 1. The molecule has 1 aliphatic rings. The first-order valence-electron chi connectivity index (χ1n) is 8.80. The molecule has 0 aliphatic carbocycles. The van der Waals surface area contributed by atoms with Crippen molar-refractivity contribution >= 4 is 5.91 Å². The SMILES string of the molecule is COc1cccc(OC)c1C(=O)N1CCC(Oc2cc(C)oc(=O)c2)CC1. The topological polar surface area (TPSA) is 78.2 Å². The zero-order valence-corrected chi connectivity index (χ0v) is 15.7. The summed E-state index contributed by atoms with van der Waals surface area (Å²) in [5, 5.41) is 0. The number of ether oxygens (including phenoxy) is 3. The van der Waals surface area contributed by atoms with Crippen molar-refractivity contribution in [3.8, 4) is 17.2 Å². The van der Waals surface area contributed by atoms with Crippen molar-refractivity contribution in [1.82, 2.24) is 4.90 Å². The number of hydrogen-bond donors (Lipinski definition) is 0. The number of methoxy groups -OCH3 is 2. The first-order valence-corrected chi connectivity index (χ1v) is 8.80. The monoisotopic (exact) mass is 373 g/mol. The Labute approximate surface area is 157 Å². The van der Waals surface area contributed by atoms with Gasteiger partial charge in [-0.05, 0) is 19.1 Å². The number of hydrogen-bond acceptors (Lipinski definition) is 6. The van der Waals surface area contributed by atoms with Gasteiger partial charge in [-0.3, -0.25) is 4.79 Å². The second kappa shape index (κ2) is 8.16. The summed E-state index contributed by atoms with van der Waals surface area (Å²) >= 11 is 0. The summed E-state index contributed by atoms with van der Waals surface area (Å²) < 4.78 is 21.5. The minimum absolute atomic E-state index is 0.0604. The van der Waals surface area contributed by atoms with Gasteiger partial charge in [0.15, 0.2) is 0 Å². The third kappa shape index (κ3) is 4.24. The summed E-state index contributed by atoms with van der Waals surface area (Å²) in [7, 11) is 3.06. The fourth-order valence-electron chi connectivity index (χ4n) is 3.23. The van der Waals surface area contributed by atoms with E-state index < -0.39 is 5.63 Å². The fraction of sp³-hybridized carbons (Fsp3) is 0.400. The van der Waals surface area contributed by atoms with Crippen molar-refractivity contribution < 1.29 is 23.4 Å². The van der Waals surface area contributed by atoms with Gasteiger partial charge in [0, 0.05) is 32.0 Å². The first-order chi connectivity index (χ1) is 13.0. The molecule has 27 heavy (non-hydrogen) atoms. The van der Waals surface area contributed by atoms with E-state index in [-0.39, 0.29) is 12.0 Å².